The largest absolute Gasteiger partial charge is 0.326 e. The van der Waals surface area contributed by atoms with Gasteiger partial charge in [-0.25, -0.2) is 4.39 Å². The maximum Gasteiger partial charge on any atom is 0.224 e. The average molecular weight is 290 g/mol. The van der Waals surface area contributed by atoms with Gasteiger partial charge in [0.2, 0.25) is 5.91 Å². The molecule has 4 heteroatoms. The first-order chi connectivity index (χ1) is 9.63. The van der Waals surface area contributed by atoms with Crippen LogP contribution in [-0.4, -0.2) is 5.91 Å². The van der Waals surface area contributed by atoms with E-state index in [2.05, 4.69) is 5.32 Å². The number of halogens is 2. The van der Waals surface area contributed by atoms with E-state index in [-0.39, 0.29) is 11.7 Å². The molecule has 1 aliphatic rings. The molecular weight excluding hydrogens is 277 g/mol. The first-order valence-corrected chi connectivity index (χ1v) is 6.86. The molecule has 0 aromatic heterocycles. The molecule has 0 unspecified atom stereocenters. The molecule has 1 aliphatic heterocycles. The number of fused-ring (bicyclic) bond motifs is 1. The molecular formula is C16H13ClFNO. The molecule has 20 heavy (non-hydrogen) atoms. The first-order valence-electron chi connectivity index (χ1n) is 6.48. The van der Waals surface area contributed by atoms with E-state index >= 15 is 0 Å². The topological polar surface area (TPSA) is 29.1 Å². The highest BCUT2D eigenvalue weighted by atomic mass is 35.5. The van der Waals surface area contributed by atoms with Gasteiger partial charge in [-0.15, -0.1) is 0 Å². The molecule has 1 N–H and O–H groups in total. The molecule has 0 saturated heterocycles. The highest BCUT2D eigenvalue weighted by Gasteiger charge is 2.19. The van der Waals surface area contributed by atoms with Crippen molar-refractivity contribution in [3.8, 4) is 0 Å². The molecule has 1 heterocycles. The van der Waals surface area contributed by atoms with Crippen LogP contribution < -0.4 is 5.32 Å². The van der Waals surface area contributed by atoms with Crippen molar-refractivity contribution in [2.45, 2.75) is 19.3 Å². The lowest BCUT2D eigenvalue weighted by Gasteiger charge is -2.21. The zero-order valence-electron chi connectivity index (χ0n) is 10.7. The minimum atomic E-state index is -0.248. The van der Waals surface area contributed by atoms with Gasteiger partial charge >= 0.3 is 0 Å². The lowest BCUT2D eigenvalue weighted by atomic mass is 9.93. The number of amides is 1. The van der Waals surface area contributed by atoms with Gasteiger partial charge < -0.3 is 5.32 Å². The van der Waals surface area contributed by atoms with Crippen LogP contribution in [0.1, 0.15) is 23.1 Å². The van der Waals surface area contributed by atoms with Crippen LogP contribution in [0.15, 0.2) is 36.4 Å². The zero-order valence-corrected chi connectivity index (χ0v) is 11.5. The lowest BCUT2D eigenvalue weighted by Crippen LogP contribution is -2.20. The quantitative estimate of drug-likeness (QED) is 0.891. The van der Waals surface area contributed by atoms with Gasteiger partial charge in [0.15, 0.2) is 0 Å². The van der Waals surface area contributed by atoms with Crippen molar-refractivity contribution in [2.75, 3.05) is 5.32 Å². The van der Waals surface area contributed by atoms with Crippen molar-refractivity contribution in [1.82, 2.24) is 0 Å². The molecule has 0 saturated carbocycles. The van der Waals surface area contributed by atoms with Crippen molar-refractivity contribution in [1.29, 1.82) is 0 Å². The minimum absolute atomic E-state index is 0.0348. The summed E-state index contributed by atoms with van der Waals surface area (Å²) in [5.74, 6) is -0.213. The summed E-state index contributed by atoms with van der Waals surface area (Å²) in [6.45, 7) is 0. The molecule has 2 aromatic carbocycles. The third-order valence-electron chi connectivity index (χ3n) is 3.54. The molecule has 2 aromatic rings. The first kappa shape index (κ1) is 13.1. The standard InChI is InChI=1S/C16H13ClFNO/c17-14-6-7-15-12(5-8-16(20)19-15)13(14)9-10-1-3-11(18)4-2-10/h1-4,6-7H,5,8-9H2,(H,19,20). The fourth-order valence-corrected chi connectivity index (χ4v) is 2.76. The highest BCUT2D eigenvalue weighted by Crippen LogP contribution is 2.32. The van der Waals surface area contributed by atoms with Crippen LogP contribution in [0.3, 0.4) is 0 Å². The molecule has 0 fully saturated rings. The minimum Gasteiger partial charge on any atom is -0.326 e. The van der Waals surface area contributed by atoms with Crippen LogP contribution in [0.25, 0.3) is 0 Å². The molecule has 0 spiro atoms. The van der Waals surface area contributed by atoms with Gasteiger partial charge in [-0.05, 0) is 53.8 Å². The third-order valence-corrected chi connectivity index (χ3v) is 3.90. The maximum absolute atomic E-state index is 12.9. The molecule has 0 aliphatic carbocycles. The van der Waals surface area contributed by atoms with Crippen LogP contribution in [0, 0.1) is 5.82 Å². The van der Waals surface area contributed by atoms with E-state index in [1.165, 1.54) is 12.1 Å². The number of nitrogens with one attached hydrogen (secondary N) is 1. The van der Waals surface area contributed by atoms with Crippen molar-refractivity contribution in [3.63, 3.8) is 0 Å². The van der Waals surface area contributed by atoms with E-state index in [4.69, 9.17) is 11.6 Å². The number of hydrogen-bond donors (Lipinski definition) is 1. The van der Waals surface area contributed by atoms with Crippen LogP contribution in [0.4, 0.5) is 10.1 Å². The predicted molar refractivity (Wildman–Crippen MR) is 77.6 cm³/mol. The normalized spacial score (nSPS) is 13.8. The summed E-state index contributed by atoms with van der Waals surface area (Å²) in [6.07, 6.45) is 1.81. The number of carbonyl (C=O) groups is 1. The fourth-order valence-electron chi connectivity index (χ4n) is 2.52. The Balaban J connectivity index is 1.98. The Morgan fingerprint density at radius 1 is 1.10 bits per heavy atom. The van der Waals surface area contributed by atoms with Gasteiger partial charge in [-0.3, -0.25) is 4.79 Å². The smallest absolute Gasteiger partial charge is 0.224 e. The SMILES string of the molecule is O=C1CCc2c(ccc(Cl)c2Cc2ccc(F)cc2)N1. The van der Waals surface area contributed by atoms with Crippen LogP contribution in [0.2, 0.25) is 5.02 Å². The molecule has 0 bridgehead atoms. The second-order valence-electron chi connectivity index (χ2n) is 4.90. The molecule has 0 radical (unpaired) electrons. The van der Waals surface area contributed by atoms with Crippen molar-refractivity contribution in [3.05, 3.63) is 63.9 Å². The van der Waals surface area contributed by atoms with Crippen molar-refractivity contribution < 1.29 is 9.18 Å². The summed E-state index contributed by atoms with van der Waals surface area (Å²) < 4.78 is 12.9. The van der Waals surface area contributed by atoms with Gasteiger partial charge in [0.05, 0.1) is 0 Å². The van der Waals surface area contributed by atoms with E-state index in [0.29, 0.717) is 24.3 Å². The monoisotopic (exact) mass is 289 g/mol. The Bertz CT molecular complexity index is 667. The third kappa shape index (κ3) is 2.54. The predicted octanol–water partition coefficient (Wildman–Crippen LogP) is 3.95. The Morgan fingerprint density at radius 2 is 1.85 bits per heavy atom. The number of rotatable bonds is 2. The van der Waals surface area contributed by atoms with E-state index in [1.807, 2.05) is 6.07 Å². The summed E-state index contributed by atoms with van der Waals surface area (Å²) in [6, 6.07) is 10.0. The van der Waals surface area contributed by atoms with Gasteiger partial charge in [0.25, 0.3) is 0 Å². The van der Waals surface area contributed by atoms with Crippen molar-refractivity contribution in [2.24, 2.45) is 0 Å². The van der Waals surface area contributed by atoms with Gasteiger partial charge in [0.1, 0.15) is 5.82 Å². The van der Waals surface area contributed by atoms with Gasteiger partial charge in [0, 0.05) is 17.1 Å². The number of carbonyl (C=O) groups excluding carboxylic acids is 1. The van der Waals surface area contributed by atoms with E-state index in [9.17, 15) is 9.18 Å². The average Bonchev–Trinajstić information content (AvgIpc) is 2.44. The van der Waals surface area contributed by atoms with Crippen LogP contribution in [-0.2, 0) is 17.6 Å². The van der Waals surface area contributed by atoms with Crippen molar-refractivity contribution >= 4 is 23.2 Å². The van der Waals surface area contributed by atoms with Crippen LogP contribution >= 0.6 is 11.6 Å². The van der Waals surface area contributed by atoms with Crippen LogP contribution in [0.5, 0.6) is 0 Å². The summed E-state index contributed by atoms with van der Waals surface area (Å²) in [5, 5.41) is 3.55. The zero-order chi connectivity index (χ0) is 14.1. The van der Waals surface area contributed by atoms with E-state index < -0.39 is 0 Å². The second-order valence-corrected chi connectivity index (χ2v) is 5.31. The van der Waals surface area contributed by atoms with E-state index in [1.54, 1.807) is 18.2 Å². The Morgan fingerprint density at radius 3 is 2.60 bits per heavy atom. The summed E-state index contributed by atoms with van der Waals surface area (Å²) in [5.41, 5.74) is 3.93. The maximum atomic E-state index is 12.9. The lowest BCUT2D eigenvalue weighted by molar-refractivity contribution is -0.116. The molecule has 3 rings (SSSR count). The Hall–Kier alpha value is -1.87. The summed E-state index contributed by atoms with van der Waals surface area (Å²) in [7, 11) is 0. The Kier molecular flexibility index (Phi) is 3.45. The fraction of sp³-hybridized carbons (Fsp3) is 0.188. The molecule has 0 atom stereocenters. The summed E-state index contributed by atoms with van der Waals surface area (Å²) in [4.78, 5) is 11.4. The molecule has 2 nitrogen and oxygen atoms in total. The number of anilines is 1. The highest BCUT2D eigenvalue weighted by molar-refractivity contribution is 6.31. The number of benzene rings is 2. The number of hydrogen-bond acceptors (Lipinski definition) is 1. The van der Waals surface area contributed by atoms with Gasteiger partial charge in [-0.1, -0.05) is 23.7 Å². The molecule has 1 amide bonds. The summed E-state index contributed by atoms with van der Waals surface area (Å²) >= 11 is 6.29. The van der Waals surface area contributed by atoms with E-state index in [0.717, 1.165) is 22.4 Å². The Labute approximate surface area is 121 Å². The van der Waals surface area contributed by atoms with Gasteiger partial charge in [-0.2, -0.15) is 0 Å². The second kappa shape index (κ2) is 5.25. The molecule has 102 valence electrons.